The van der Waals surface area contributed by atoms with Crippen molar-refractivity contribution in [2.24, 2.45) is 0 Å². The lowest BCUT2D eigenvalue weighted by Gasteiger charge is -1.93. The van der Waals surface area contributed by atoms with Gasteiger partial charge in [0.25, 0.3) is 0 Å². The van der Waals surface area contributed by atoms with Crippen molar-refractivity contribution in [2.75, 3.05) is 6.54 Å². The van der Waals surface area contributed by atoms with Crippen molar-refractivity contribution in [1.82, 2.24) is 4.30 Å². The van der Waals surface area contributed by atoms with Crippen molar-refractivity contribution in [3.63, 3.8) is 0 Å². The Labute approximate surface area is 54.1 Å². The zero-order chi connectivity index (χ0) is 5.54. The molecule has 0 fully saturated rings. The van der Waals surface area contributed by atoms with Gasteiger partial charge in [-0.3, -0.25) is 0 Å². The highest BCUT2D eigenvalue weighted by molar-refractivity contribution is 6.04. The molecule has 0 bridgehead atoms. The standard InChI is InChI=1S/C5H12N.Al.2H/c1-2-3-4-5-6;;;/h6H,2-5H2,1H3;;;/q-1;+1;;. The van der Waals surface area contributed by atoms with Gasteiger partial charge < -0.3 is 4.30 Å². The first-order chi connectivity index (χ1) is 3.41. The maximum Gasteiger partial charge on any atom is 0.318 e. The second kappa shape index (κ2) is 6.49. The fraction of sp³-hybridized carbons (Fsp3) is 1.00. The molecular formula is C5H14AlN. The van der Waals surface area contributed by atoms with E-state index in [0.29, 0.717) is 0 Å². The topological polar surface area (TPSA) is 12.0 Å². The minimum Gasteiger partial charge on any atom is -0.404 e. The van der Waals surface area contributed by atoms with Gasteiger partial charge in [0, 0.05) is 0 Å². The predicted octanol–water partition coefficient (Wildman–Crippen LogP) is 0.314. The van der Waals surface area contributed by atoms with E-state index in [-0.39, 0.29) is 0 Å². The maximum absolute atomic E-state index is 3.24. The van der Waals surface area contributed by atoms with Gasteiger partial charge in [-0.25, -0.2) is 0 Å². The summed E-state index contributed by atoms with van der Waals surface area (Å²) < 4.78 is 3.24. The Hall–Kier alpha value is 0.492. The molecule has 0 aromatic rings. The van der Waals surface area contributed by atoms with Crippen LogP contribution < -0.4 is 4.30 Å². The Morgan fingerprint density at radius 3 is 2.57 bits per heavy atom. The zero-order valence-corrected chi connectivity index (χ0v) is 7.33. The zero-order valence-electron chi connectivity index (χ0n) is 5.33. The van der Waals surface area contributed by atoms with E-state index in [4.69, 9.17) is 0 Å². The number of unbranched alkanes of at least 4 members (excludes halogenated alkanes) is 2. The number of nitrogens with one attached hydrogen (secondary N) is 1. The van der Waals surface area contributed by atoms with Gasteiger partial charge in [-0.15, -0.1) is 0 Å². The minimum atomic E-state index is 1.16. The summed E-state index contributed by atoms with van der Waals surface area (Å²) in [6.45, 7) is 3.47. The summed E-state index contributed by atoms with van der Waals surface area (Å²) in [5.74, 6) is 0. The summed E-state index contributed by atoms with van der Waals surface area (Å²) in [5.41, 5.74) is 0. The highest BCUT2D eigenvalue weighted by atomic mass is 27.1. The monoisotopic (exact) mass is 115 g/mol. The van der Waals surface area contributed by atoms with E-state index in [1.54, 1.807) is 0 Å². The van der Waals surface area contributed by atoms with Crippen LogP contribution in [0.1, 0.15) is 26.2 Å². The van der Waals surface area contributed by atoms with Crippen molar-refractivity contribution in [3.8, 4) is 0 Å². The van der Waals surface area contributed by atoms with Gasteiger partial charge in [-0.2, -0.15) is 0 Å². The van der Waals surface area contributed by atoms with E-state index in [1.165, 1.54) is 25.8 Å². The summed E-state index contributed by atoms with van der Waals surface area (Å²) in [6.07, 6.45) is 4.08. The molecule has 0 heterocycles. The van der Waals surface area contributed by atoms with Gasteiger partial charge in [0.2, 0.25) is 0 Å². The van der Waals surface area contributed by atoms with E-state index >= 15 is 0 Å². The fourth-order valence-electron chi connectivity index (χ4n) is 0.552. The lowest BCUT2D eigenvalue weighted by atomic mass is 10.3. The van der Waals surface area contributed by atoms with Gasteiger partial charge in [0.15, 0.2) is 0 Å². The summed E-state index contributed by atoms with van der Waals surface area (Å²) in [5, 5.41) is 0. The Bertz CT molecular complexity index is 27.3. The van der Waals surface area contributed by atoms with Crippen LogP contribution >= 0.6 is 0 Å². The molecule has 0 rings (SSSR count). The van der Waals surface area contributed by atoms with Gasteiger partial charge in [-0.1, -0.05) is 19.8 Å². The second-order valence-corrected chi connectivity index (χ2v) is 2.52. The quantitative estimate of drug-likeness (QED) is 0.411. The Kier molecular flexibility index (Phi) is 6.95. The Morgan fingerprint density at radius 2 is 2.14 bits per heavy atom. The summed E-state index contributed by atoms with van der Waals surface area (Å²) >= 11 is 1.16. The molecule has 0 radical (unpaired) electrons. The SMILES string of the molecule is CCCCC[NH][AlH2]. The molecule has 1 nitrogen and oxygen atoms in total. The van der Waals surface area contributed by atoms with Gasteiger partial charge in [0.05, 0.1) is 0 Å². The lowest BCUT2D eigenvalue weighted by Crippen LogP contribution is -2.08. The average Bonchev–Trinajstić information content (AvgIpc) is 1.69. The summed E-state index contributed by atoms with van der Waals surface area (Å²) in [6, 6.07) is 0. The molecule has 0 saturated heterocycles. The maximum atomic E-state index is 3.24. The number of rotatable bonds is 4. The molecule has 0 aliphatic heterocycles. The molecule has 0 amide bonds. The smallest absolute Gasteiger partial charge is 0.318 e. The van der Waals surface area contributed by atoms with E-state index in [1.807, 2.05) is 0 Å². The van der Waals surface area contributed by atoms with Gasteiger partial charge in [-0.05, 0) is 13.0 Å². The number of hydrogen-bond acceptors (Lipinski definition) is 1. The third-order valence-electron chi connectivity index (χ3n) is 1.03. The molecule has 7 heavy (non-hydrogen) atoms. The predicted molar refractivity (Wildman–Crippen MR) is 36.1 cm³/mol. The molecule has 0 atom stereocenters. The first-order valence-corrected chi connectivity index (χ1v) is 4.06. The minimum absolute atomic E-state index is 1.16. The van der Waals surface area contributed by atoms with Gasteiger partial charge in [0.1, 0.15) is 0 Å². The molecule has 2 heteroatoms. The van der Waals surface area contributed by atoms with E-state index < -0.39 is 0 Å². The molecule has 42 valence electrons. The third-order valence-corrected chi connectivity index (χ3v) is 1.53. The van der Waals surface area contributed by atoms with E-state index in [2.05, 4.69) is 11.2 Å². The highest BCUT2D eigenvalue weighted by Gasteiger charge is 1.78. The molecule has 0 spiro atoms. The number of hydrogen-bond donors (Lipinski definition) is 1. The normalized spacial score (nSPS) is 9.29. The van der Waals surface area contributed by atoms with Crippen LogP contribution in [0.4, 0.5) is 0 Å². The van der Waals surface area contributed by atoms with Crippen molar-refractivity contribution in [2.45, 2.75) is 26.2 Å². The second-order valence-electron chi connectivity index (χ2n) is 1.81. The molecule has 0 saturated carbocycles. The Morgan fingerprint density at radius 1 is 1.43 bits per heavy atom. The fourth-order valence-corrected chi connectivity index (χ4v) is 0.905. The van der Waals surface area contributed by atoms with Crippen LogP contribution in [0, 0.1) is 0 Å². The first kappa shape index (κ1) is 7.49. The van der Waals surface area contributed by atoms with Gasteiger partial charge >= 0.3 is 16.5 Å². The third kappa shape index (κ3) is 6.49. The van der Waals surface area contributed by atoms with Crippen molar-refractivity contribution in [1.29, 1.82) is 0 Å². The van der Waals surface area contributed by atoms with E-state index in [9.17, 15) is 0 Å². The molecule has 1 N–H and O–H groups in total. The first-order valence-electron chi connectivity index (χ1n) is 3.06. The van der Waals surface area contributed by atoms with Crippen molar-refractivity contribution >= 4 is 16.5 Å². The Balaban J connectivity index is 2.45. The average molecular weight is 115 g/mol. The van der Waals surface area contributed by atoms with Crippen LogP contribution in [-0.4, -0.2) is 23.1 Å². The molecular weight excluding hydrogens is 101 g/mol. The molecule has 0 aliphatic carbocycles. The molecule has 0 aromatic heterocycles. The van der Waals surface area contributed by atoms with Crippen LogP contribution in [0.15, 0.2) is 0 Å². The van der Waals surface area contributed by atoms with Crippen molar-refractivity contribution in [3.05, 3.63) is 0 Å². The van der Waals surface area contributed by atoms with Crippen LogP contribution in [0.25, 0.3) is 0 Å². The molecule has 0 unspecified atom stereocenters. The van der Waals surface area contributed by atoms with Crippen LogP contribution in [-0.2, 0) is 0 Å². The highest BCUT2D eigenvalue weighted by Crippen LogP contribution is 1.89. The molecule has 0 aliphatic rings. The largest absolute Gasteiger partial charge is 0.404 e. The summed E-state index contributed by atoms with van der Waals surface area (Å²) in [7, 11) is 0. The van der Waals surface area contributed by atoms with Crippen molar-refractivity contribution < 1.29 is 0 Å². The van der Waals surface area contributed by atoms with Crippen LogP contribution in [0.2, 0.25) is 0 Å². The lowest BCUT2D eigenvalue weighted by molar-refractivity contribution is 0.705. The van der Waals surface area contributed by atoms with Crippen LogP contribution in [0.3, 0.4) is 0 Å². The van der Waals surface area contributed by atoms with E-state index in [0.717, 1.165) is 16.5 Å². The summed E-state index contributed by atoms with van der Waals surface area (Å²) in [4.78, 5) is 0. The molecule has 0 aromatic carbocycles. The van der Waals surface area contributed by atoms with Crippen LogP contribution in [0.5, 0.6) is 0 Å².